The Balaban J connectivity index is 1.14. The summed E-state index contributed by atoms with van der Waals surface area (Å²) in [6.45, 7) is 12.4. The monoisotopic (exact) mass is 356 g/mol. The van der Waals surface area contributed by atoms with Crippen LogP contribution in [-0.4, -0.2) is 25.7 Å². The molecular weight excluding hydrogens is 316 g/mol. The Bertz CT molecular complexity index is 545. The molecule has 26 heavy (non-hydrogen) atoms. The van der Waals surface area contributed by atoms with E-state index in [1.807, 2.05) is 0 Å². The van der Waals surface area contributed by atoms with Crippen molar-refractivity contribution in [2.24, 2.45) is 35.0 Å². The zero-order valence-corrected chi connectivity index (χ0v) is 17.5. The molecule has 7 atom stereocenters. The third-order valence-electron chi connectivity index (χ3n) is 8.53. The van der Waals surface area contributed by atoms with Gasteiger partial charge in [-0.1, -0.05) is 30.2 Å². The van der Waals surface area contributed by atoms with Crippen LogP contribution in [0.25, 0.3) is 0 Å². The van der Waals surface area contributed by atoms with Gasteiger partial charge < -0.3 is 10.6 Å². The lowest BCUT2D eigenvalue weighted by Gasteiger charge is -2.55. The van der Waals surface area contributed by atoms with E-state index in [1.165, 1.54) is 36.8 Å². The molecule has 4 unspecified atom stereocenters. The first-order valence-corrected chi connectivity index (χ1v) is 11.2. The van der Waals surface area contributed by atoms with Crippen molar-refractivity contribution < 1.29 is 0 Å². The van der Waals surface area contributed by atoms with Gasteiger partial charge in [0.2, 0.25) is 0 Å². The molecule has 2 N–H and O–H groups in total. The summed E-state index contributed by atoms with van der Waals surface area (Å²) in [7, 11) is 0. The fourth-order valence-electron chi connectivity index (χ4n) is 7.50. The van der Waals surface area contributed by atoms with E-state index in [4.69, 9.17) is 0 Å². The SMILES string of the molecule is CC(C)=CCC/C(C)=C/CNCCNC1[C@H]2CC3C(C)[C@H]4C[C@H]1CC34C2. The molecule has 3 bridgehead atoms. The lowest BCUT2D eigenvalue weighted by Crippen LogP contribution is -2.49. The largest absolute Gasteiger partial charge is 0.312 e. The van der Waals surface area contributed by atoms with Crippen LogP contribution < -0.4 is 10.6 Å². The highest BCUT2D eigenvalue weighted by Gasteiger charge is 2.71. The quantitative estimate of drug-likeness (QED) is 0.452. The van der Waals surface area contributed by atoms with Crippen LogP contribution in [0.4, 0.5) is 0 Å². The summed E-state index contributed by atoms with van der Waals surface area (Å²) in [5.74, 6) is 5.20. The Kier molecular flexibility index (Phi) is 5.36. The molecule has 0 amide bonds. The third kappa shape index (κ3) is 3.22. The van der Waals surface area contributed by atoms with Gasteiger partial charge in [-0.25, -0.2) is 0 Å². The minimum atomic E-state index is 0.828. The van der Waals surface area contributed by atoms with Crippen molar-refractivity contribution in [2.75, 3.05) is 19.6 Å². The molecule has 0 aliphatic heterocycles. The molecule has 0 heterocycles. The number of hydrogen-bond acceptors (Lipinski definition) is 2. The maximum atomic E-state index is 3.97. The molecular formula is C24H40N2. The average Bonchev–Trinajstić information content (AvgIpc) is 3.04. The van der Waals surface area contributed by atoms with Crippen LogP contribution in [0.3, 0.4) is 0 Å². The fraction of sp³-hybridized carbons (Fsp3) is 0.833. The molecule has 4 aliphatic rings. The normalized spacial score (nSPS) is 42.7. The van der Waals surface area contributed by atoms with E-state index in [0.29, 0.717) is 0 Å². The van der Waals surface area contributed by atoms with Gasteiger partial charge in [0, 0.05) is 25.7 Å². The molecule has 0 radical (unpaired) electrons. The number of hydrogen-bond donors (Lipinski definition) is 2. The van der Waals surface area contributed by atoms with Crippen molar-refractivity contribution in [1.82, 2.24) is 10.6 Å². The Morgan fingerprint density at radius 1 is 1.00 bits per heavy atom. The van der Waals surface area contributed by atoms with Gasteiger partial charge in [0.15, 0.2) is 0 Å². The van der Waals surface area contributed by atoms with Gasteiger partial charge in [-0.2, -0.15) is 0 Å². The topological polar surface area (TPSA) is 24.1 Å². The molecule has 0 saturated heterocycles. The van der Waals surface area contributed by atoms with E-state index in [2.05, 4.69) is 50.5 Å². The van der Waals surface area contributed by atoms with Gasteiger partial charge in [-0.3, -0.25) is 0 Å². The second kappa shape index (κ2) is 7.43. The summed E-state index contributed by atoms with van der Waals surface area (Å²) in [6.07, 6.45) is 13.3. The molecule has 0 aromatic rings. The van der Waals surface area contributed by atoms with Gasteiger partial charge in [0.1, 0.15) is 0 Å². The van der Waals surface area contributed by atoms with E-state index in [0.717, 1.165) is 60.7 Å². The predicted octanol–water partition coefficient (Wildman–Crippen LogP) is 4.93. The lowest BCUT2D eigenvalue weighted by molar-refractivity contribution is -0.0670. The highest BCUT2D eigenvalue weighted by atomic mass is 15.0. The predicted molar refractivity (Wildman–Crippen MR) is 111 cm³/mol. The zero-order chi connectivity index (χ0) is 18.3. The standard InChI is InChI=1S/C24H40N2/c1-16(2)6-5-7-17(3)8-9-25-10-11-26-23-19-12-21-18(4)22-13-20(23)15-24(21,22)14-19/h6,8,18-23,25-26H,5,7,9-15H2,1-4H3/b17-8+/t18?,19-,20-,21+,22?,23?,24?/m0/s1. The Labute approximate surface area is 161 Å². The maximum Gasteiger partial charge on any atom is 0.0137 e. The summed E-state index contributed by atoms with van der Waals surface area (Å²) in [6, 6.07) is 0.828. The van der Waals surface area contributed by atoms with E-state index < -0.39 is 0 Å². The van der Waals surface area contributed by atoms with Crippen molar-refractivity contribution in [3.05, 3.63) is 23.3 Å². The van der Waals surface area contributed by atoms with Crippen LogP contribution in [-0.2, 0) is 0 Å². The van der Waals surface area contributed by atoms with Crippen molar-refractivity contribution >= 4 is 0 Å². The van der Waals surface area contributed by atoms with E-state index in [9.17, 15) is 0 Å². The summed E-state index contributed by atoms with van der Waals surface area (Å²) in [5, 5.41) is 7.58. The van der Waals surface area contributed by atoms with E-state index in [-0.39, 0.29) is 0 Å². The smallest absolute Gasteiger partial charge is 0.0137 e. The molecule has 4 rings (SSSR count). The van der Waals surface area contributed by atoms with E-state index in [1.54, 1.807) is 12.8 Å². The summed E-state index contributed by atoms with van der Waals surface area (Å²) >= 11 is 0. The van der Waals surface area contributed by atoms with Crippen molar-refractivity contribution in [3.63, 3.8) is 0 Å². The second-order valence-corrected chi connectivity index (χ2v) is 10.3. The van der Waals surface area contributed by atoms with Crippen LogP contribution in [0.15, 0.2) is 23.3 Å². The van der Waals surface area contributed by atoms with Crippen molar-refractivity contribution in [3.8, 4) is 0 Å². The molecule has 1 spiro atoms. The zero-order valence-electron chi connectivity index (χ0n) is 17.5. The number of nitrogens with one attached hydrogen (secondary N) is 2. The number of rotatable bonds is 9. The molecule has 2 heteroatoms. The van der Waals surface area contributed by atoms with Gasteiger partial charge in [-0.05, 0) is 94.3 Å². The molecule has 4 fully saturated rings. The Hall–Kier alpha value is -0.600. The van der Waals surface area contributed by atoms with Crippen LogP contribution in [0.2, 0.25) is 0 Å². The van der Waals surface area contributed by atoms with Crippen LogP contribution >= 0.6 is 0 Å². The fourth-order valence-corrected chi connectivity index (χ4v) is 7.50. The van der Waals surface area contributed by atoms with Gasteiger partial charge in [0.05, 0.1) is 0 Å². The first-order chi connectivity index (χ1) is 12.5. The first-order valence-electron chi connectivity index (χ1n) is 11.2. The Morgan fingerprint density at radius 3 is 2.35 bits per heavy atom. The van der Waals surface area contributed by atoms with Crippen molar-refractivity contribution in [1.29, 1.82) is 0 Å². The van der Waals surface area contributed by atoms with Gasteiger partial charge >= 0.3 is 0 Å². The minimum Gasteiger partial charge on any atom is -0.312 e. The number of allylic oxidation sites excluding steroid dienone is 3. The number of fused-ring (bicyclic) bond motifs is 2. The van der Waals surface area contributed by atoms with Gasteiger partial charge in [-0.15, -0.1) is 0 Å². The van der Waals surface area contributed by atoms with Gasteiger partial charge in [0.25, 0.3) is 0 Å². The van der Waals surface area contributed by atoms with E-state index >= 15 is 0 Å². The molecule has 4 aliphatic carbocycles. The highest BCUT2D eigenvalue weighted by molar-refractivity contribution is 5.21. The Morgan fingerprint density at radius 2 is 1.69 bits per heavy atom. The minimum absolute atomic E-state index is 0.828. The second-order valence-electron chi connectivity index (χ2n) is 10.3. The van der Waals surface area contributed by atoms with Crippen LogP contribution in [0.5, 0.6) is 0 Å². The van der Waals surface area contributed by atoms with Crippen molar-refractivity contribution in [2.45, 2.75) is 72.3 Å². The van der Waals surface area contributed by atoms with Crippen LogP contribution in [0.1, 0.15) is 66.2 Å². The third-order valence-corrected chi connectivity index (χ3v) is 8.53. The molecule has 4 saturated carbocycles. The van der Waals surface area contributed by atoms with Crippen LogP contribution in [0, 0.1) is 35.0 Å². The average molecular weight is 357 g/mol. The summed E-state index contributed by atoms with van der Waals surface area (Å²) in [4.78, 5) is 0. The lowest BCUT2D eigenvalue weighted by atomic mass is 9.50. The molecule has 2 nitrogen and oxygen atoms in total. The molecule has 0 aromatic heterocycles. The maximum absolute atomic E-state index is 3.97. The summed E-state index contributed by atoms with van der Waals surface area (Å²) < 4.78 is 0. The molecule has 146 valence electrons. The summed E-state index contributed by atoms with van der Waals surface area (Å²) in [5.41, 5.74) is 3.77. The highest BCUT2D eigenvalue weighted by Crippen LogP contribution is 2.77. The first kappa shape index (κ1) is 18.7. The molecule has 0 aromatic carbocycles.